The first-order valence-electron chi connectivity index (χ1n) is 14.8. The predicted octanol–water partition coefficient (Wildman–Crippen LogP) is 5.42. The molecule has 0 bridgehead atoms. The second kappa shape index (κ2) is 12.2. The number of aromatic nitrogens is 2. The molecule has 3 aromatic carbocycles. The molecule has 5 aromatic rings. The first-order valence-corrected chi connectivity index (χ1v) is 15.6. The van der Waals surface area contributed by atoms with E-state index < -0.39 is 16.9 Å². The zero-order chi connectivity index (χ0) is 32.7. The number of rotatable bonds is 8. The first kappa shape index (κ1) is 30.7. The second-order valence-electron chi connectivity index (χ2n) is 11.3. The van der Waals surface area contributed by atoms with E-state index in [1.54, 1.807) is 56.7 Å². The molecule has 0 unspecified atom stereocenters. The van der Waals surface area contributed by atoms with Gasteiger partial charge in [-0.2, -0.15) is 0 Å². The van der Waals surface area contributed by atoms with E-state index in [9.17, 15) is 19.7 Å². The van der Waals surface area contributed by atoms with E-state index in [-0.39, 0.29) is 17.4 Å². The summed E-state index contributed by atoms with van der Waals surface area (Å²) in [5, 5.41) is 12.1. The average molecular weight is 637 g/mol. The lowest BCUT2D eigenvalue weighted by molar-refractivity contribution is -0.384. The normalized spacial score (nSPS) is 14.8. The molecule has 1 atom stereocenters. The number of carbonyl (C=O) groups is 1. The van der Waals surface area contributed by atoms with Gasteiger partial charge in [-0.05, 0) is 63.1 Å². The number of hydrogen-bond donors (Lipinski definition) is 0. The van der Waals surface area contributed by atoms with Crippen molar-refractivity contribution in [2.45, 2.75) is 46.4 Å². The van der Waals surface area contributed by atoms with E-state index in [2.05, 4.69) is 4.57 Å². The maximum absolute atomic E-state index is 14.3. The number of hydrogen-bond acceptors (Lipinski definition) is 8. The van der Waals surface area contributed by atoms with Crippen LogP contribution >= 0.6 is 11.3 Å². The van der Waals surface area contributed by atoms with Crippen LogP contribution < -0.4 is 19.6 Å². The Hall–Kier alpha value is -5.29. The molecule has 46 heavy (non-hydrogen) atoms. The molecule has 2 aromatic heterocycles. The smallest absolute Gasteiger partial charge is 0.338 e. The van der Waals surface area contributed by atoms with E-state index in [1.165, 1.54) is 23.5 Å². The molecular formula is C35H32N4O6S. The maximum Gasteiger partial charge on any atom is 0.338 e. The number of para-hydroxylation sites is 1. The van der Waals surface area contributed by atoms with Crippen molar-refractivity contribution in [2.75, 3.05) is 7.11 Å². The third-order valence-corrected chi connectivity index (χ3v) is 9.04. The number of nitro groups is 1. The van der Waals surface area contributed by atoms with Crippen molar-refractivity contribution in [1.82, 2.24) is 9.13 Å². The molecule has 11 heteroatoms. The lowest BCUT2D eigenvalue weighted by Gasteiger charge is -2.25. The van der Waals surface area contributed by atoms with Gasteiger partial charge in [-0.3, -0.25) is 19.5 Å². The number of ether oxygens (including phenoxy) is 2. The summed E-state index contributed by atoms with van der Waals surface area (Å²) in [6.45, 7) is 7.83. The quantitative estimate of drug-likeness (QED) is 0.128. The van der Waals surface area contributed by atoms with Crippen LogP contribution in [0.15, 0.2) is 93.9 Å². The molecule has 0 aliphatic carbocycles. The highest BCUT2D eigenvalue weighted by molar-refractivity contribution is 7.07. The number of methoxy groups -OCH3 is 1. The number of carbonyl (C=O) groups excluding carboxylic acids is 1. The molecule has 0 amide bonds. The van der Waals surface area contributed by atoms with Gasteiger partial charge in [0, 0.05) is 40.8 Å². The molecular weight excluding hydrogens is 604 g/mol. The lowest BCUT2D eigenvalue weighted by atomic mass is 9.96. The van der Waals surface area contributed by atoms with E-state index in [0.29, 0.717) is 32.9 Å². The number of non-ortho nitro benzene ring substituents is 1. The van der Waals surface area contributed by atoms with Gasteiger partial charge in [-0.1, -0.05) is 53.8 Å². The van der Waals surface area contributed by atoms with Gasteiger partial charge >= 0.3 is 5.97 Å². The van der Waals surface area contributed by atoms with Gasteiger partial charge in [0.15, 0.2) is 4.80 Å². The molecule has 1 aliphatic rings. The Labute approximate surface area is 268 Å². The molecule has 10 nitrogen and oxygen atoms in total. The lowest BCUT2D eigenvalue weighted by Crippen LogP contribution is -2.40. The van der Waals surface area contributed by atoms with Crippen molar-refractivity contribution in [3.63, 3.8) is 0 Å². The molecule has 0 saturated carbocycles. The highest BCUT2D eigenvalue weighted by Crippen LogP contribution is 2.32. The summed E-state index contributed by atoms with van der Waals surface area (Å²) in [6.07, 6.45) is 1.55. The van der Waals surface area contributed by atoms with Crippen molar-refractivity contribution >= 4 is 40.0 Å². The molecule has 0 saturated heterocycles. The van der Waals surface area contributed by atoms with E-state index in [0.717, 1.165) is 33.3 Å². The SMILES string of the molecule is COc1ccc([C@@H]2C(C(=O)OC(C)C)=C(C)N=c3s/c(=C\c4c(C)n(Cc5ccc([N+](=O)[O-])cc5)c5ccccc45)c(=O)n32)cc1. The van der Waals surface area contributed by atoms with E-state index >= 15 is 0 Å². The van der Waals surface area contributed by atoms with Crippen LogP contribution in [-0.4, -0.2) is 33.2 Å². The molecule has 234 valence electrons. The molecule has 0 fully saturated rings. The maximum atomic E-state index is 14.3. The standard InChI is InChI=1S/C35H32N4O6S/c1-20(2)45-34(41)31-21(3)36-35-38(32(31)24-12-16-26(44-5)17-13-24)33(40)30(46-35)18-28-22(4)37(29-9-7-6-8-27(28)29)19-23-10-14-25(15-11-23)39(42)43/h6-18,20,32H,19H2,1-5H3/b30-18-/t32-/m1/s1. The minimum Gasteiger partial charge on any atom is -0.497 e. The molecule has 0 N–H and O–H groups in total. The summed E-state index contributed by atoms with van der Waals surface area (Å²) < 4.78 is 15.2. The Bertz CT molecular complexity index is 2210. The Morgan fingerprint density at radius 1 is 1.07 bits per heavy atom. The van der Waals surface area contributed by atoms with Gasteiger partial charge in [0.25, 0.3) is 11.2 Å². The summed E-state index contributed by atoms with van der Waals surface area (Å²) in [5.41, 5.74) is 5.03. The summed E-state index contributed by atoms with van der Waals surface area (Å²) in [5.74, 6) is 0.139. The van der Waals surface area contributed by atoms with Crippen LogP contribution in [-0.2, 0) is 16.1 Å². The monoisotopic (exact) mass is 636 g/mol. The van der Waals surface area contributed by atoms with Gasteiger partial charge in [0.2, 0.25) is 0 Å². The Morgan fingerprint density at radius 3 is 2.41 bits per heavy atom. The zero-order valence-corrected chi connectivity index (χ0v) is 26.8. The van der Waals surface area contributed by atoms with Crippen LogP contribution in [0, 0.1) is 17.0 Å². The number of nitro benzene ring substituents is 1. The van der Waals surface area contributed by atoms with E-state index in [4.69, 9.17) is 14.5 Å². The van der Waals surface area contributed by atoms with Crippen molar-refractivity contribution in [2.24, 2.45) is 4.99 Å². The fourth-order valence-corrected chi connectivity index (χ4v) is 6.87. The van der Waals surface area contributed by atoms with Crippen molar-refractivity contribution in [1.29, 1.82) is 0 Å². The molecule has 0 spiro atoms. The van der Waals surface area contributed by atoms with Crippen LogP contribution in [0.25, 0.3) is 17.0 Å². The van der Waals surface area contributed by atoms with Crippen LogP contribution in [0.3, 0.4) is 0 Å². The van der Waals surface area contributed by atoms with Gasteiger partial charge in [-0.25, -0.2) is 9.79 Å². The number of allylic oxidation sites excluding steroid dienone is 1. The predicted molar refractivity (Wildman–Crippen MR) is 177 cm³/mol. The summed E-state index contributed by atoms with van der Waals surface area (Å²) in [7, 11) is 1.58. The number of thiazole rings is 1. The number of fused-ring (bicyclic) bond motifs is 2. The Morgan fingerprint density at radius 2 is 1.76 bits per heavy atom. The Balaban J connectivity index is 1.50. The largest absolute Gasteiger partial charge is 0.497 e. The second-order valence-corrected chi connectivity index (χ2v) is 12.3. The van der Waals surface area contributed by atoms with Gasteiger partial charge in [0.1, 0.15) is 5.75 Å². The minimum atomic E-state index is -0.736. The van der Waals surface area contributed by atoms with E-state index in [1.807, 2.05) is 49.4 Å². The summed E-state index contributed by atoms with van der Waals surface area (Å²) in [4.78, 5) is 43.6. The highest BCUT2D eigenvalue weighted by Gasteiger charge is 2.34. The summed E-state index contributed by atoms with van der Waals surface area (Å²) >= 11 is 1.27. The number of benzene rings is 3. The number of esters is 1. The zero-order valence-electron chi connectivity index (χ0n) is 26.0. The van der Waals surface area contributed by atoms with Crippen LogP contribution in [0.1, 0.15) is 49.2 Å². The Kier molecular flexibility index (Phi) is 8.18. The fraction of sp³-hybridized carbons (Fsp3) is 0.229. The van der Waals surface area contributed by atoms with Gasteiger partial charge < -0.3 is 14.0 Å². The van der Waals surface area contributed by atoms with Gasteiger partial charge in [-0.15, -0.1) is 0 Å². The van der Waals surface area contributed by atoms with Crippen molar-refractivity contribution < 1.29 is 19.2 Å². The highest BCUT2D eigenvalue weighted by atomic mass is 32.1. The van der Waals surface area contributed by atoms with Crippen molar-refractivity contribution in [3.05, 3.63) is 136 Å². The third-order valence-electron chi connectivity index (χ3n) is 8.06. The molecule has 6 rings (SSSR count). The summed E-state index contributed by atoms with van der Waals surface area (Å²) in [6, 6.07) is 21.0. The first-order chi connectivity index (χ1) is 22.1. The third kappa shape index (κ3) is 5.54. The molecule has 0 radical (unpaired) electrons. The number of nitrogens with zero attached hydrogens (tertiary/aromatic N) is 4. The average Bonchev–Trinajstić information content (AvgIpc) is 3.48. The van der Waals surface area contributed by atoms with Crippen LogP contribution in [0.5, 0.6) is 5.75 Å². The van der Waals surface area contributed by atoms with Crippen LogP contribution in [0.4, 0.5) is 5.69 Å². The van der Waals surface area contributed by atoms with Crippen molar-refractivity contribution in [3.8, 4) is 5.75 Å². The molecule has 1 aliphatic heterocycles. The topological polar surface area (TPSA) is 118 Å². The van der Waals surface area contributed by atoms with Gasteiger partial charge in [0.05, 0.1) is 40.0 Å². The molecule has 3 heterocycles. The fourth-order valence-electron chi connectivity index (χ4n) is 5.84. The van der Waals surface area contributed by atoms with Crippen LogP contribution in [0.2, 0.25) is 0 Å². The minimum absolute atomic E-state index is 0.0395.